The highest BCUT2D eigenvalue weighted by atomic mass is 35.5. The van der Waals surface area contributed by atoms with Crippen LogP contribution in [0.2, 0.25) is 5.02 Å². The lowest BCUT2D eigenvalue weighted by Crippen LogP contribution is -2.30. The van der Waals surface area contributed by atoms with E-state index < -0.39 is 0 Å². The van der Waals surface area contributed by atoms with Gasteiger partial charge in [0, 0.05) is 35.5 Å². The van der Waals surface area contributed by atoms with Crippen molar-refractivity contribution in [2.75, 3.05) is 33.5 Å². The summed E-state index contributed by atoms with van der Waals surface area (Å²) in [5.74, 6) is 1.15. The zero-order valence-electron chi connectivity index (χ0n) is 22.1. The van der Waals surface area contributed by atoms with Gasteiger partial charge < -0.3 is 20.1 Å². The van der Waals surface area contributed by atoms with Gasteiger partial charge in [0.05, 0.1) is 30.9 Å². The number of anilines is 1. The third-order valence-electron chi connectivity index (χ3n) is 7.46. The van der Waals surface area contributed by atoms with Gasteiger partial charge in [-0.1, -0.05) is 48.0 Å². The lowest BCUT2D eigenvalue weighted by atomic mass is 9.82. The minimum Gasteiger partial charge on any atom is -0.481 e. The number of rotatable bonds is 8. The highest BCUT2D eigenvalue weighted by Gasteiger charge is 2.27. The van der Waals surface area contributed by atoms with E-state index in [1.165, 1.54) is 7.11 Å². The summed E-state index contributed by atoms with van der Waals surface area (Å²) in [7, 11) is 5.24. The third-order valence-corrected chi connectivity index (χ3v) is 7.87. The van der Waals surface area contributed by atoms with E-state index in [2.05, 4.69) is 18.0 Å². The van der Waals surface area contributed by atoms with Crippen LogP contribution in [-0.2, 0) is 16.1 Å². The van der Waals surface area contributed by atoms with Gasteiger partial charge in [0.15, 0.2) is 0 Å². The van der Waals surface area contributed by atoms with E-state index in [-0.39, 0.29) is 11.9 Å². The maximum atomic E-state index is 11.8. The summed E-state index contributed by atoms with van der Waals surface area (Å²) in [4.78, 5) is 18.9. The molecule has 1 heterocycles. The smallest absolute Gasteiger partial charge is 0.308 e. The van der Waals surface area contributed by atoms with Crippen molar-refractivity contribution in [1.29, 1.82) is 0 Å². The average molecular weight is 522 g/mol. The number of benzene rings is 2. The molecular formula is C30H36ClN3O3. The number of pyridine rings is 1. The maximum Gasteiger partial charge on any atom is 0.308 e. The molecule has 1 saturated carbocycles. The average Bonchev–Trinajstić information content (AvgIpc) is 2.91. The molecule has 1 aromatic heterocycles. The number of halogens is 1. The molecule has 1 fully saturated rings. The summed E-state index contributed by atoms with van der Waals surface area (Å²) in [6, 6.07) is 15.9. The predicted molar refractivity (Wildman–Crippen MR) is 150 cm³/mol. The van der Waals surface area contributed by atoms with Crippen LogP contribution in [0, 0.1) is 18.8 Å². The van der Waals surface area contributed by atoms with Gasteiger partial charge in [0.1, 0.15) is 0 Å². The Morgan fingerprint density at radius 3 is 2.41 bits per heavy atom. The summed E-state index contributed by atoms with van der Waals surface area (Å²) in [5, 5.41) is 0.637. The number of hydrogen-bond acceptors (Lipinski definition) is 6. The van der Waals surface area contributed by atoms with E-state index in [9.17, 15) is 4.79 Å². The molecule has 1 aliphatic carbocycles. The van der Waals surface area contributed by atoms with Crippen molar-refractivity contribution in [2.24, 2.45) is 11.8 Å². The fraction of sp³-hybridized carbons (Fsp3) is 0.400. The van der Waals surface area contributed by atoms with Crippen LogP contribution in [0.5, 0.6) is 5.88 Å². The number of methoxy groups -OCH3 is 2. The second-order valence-electron chi connectivity index (χ2n) is 9.99. The predicted octanol–water partition coefficient (Wildman–Crippen LogP) is 6.38. The number of nitrogens with two attached hydrogens (primary N) is 1. The van der Waals surface area contributed by atoms with Gasteiger partial charge in [-0.25, -0.2) is 4.98 Å². The Morgan fingerprint density at radius 1 is 1.03 bits per heavy atom. The number of esters is 1. The Balaban J connectivity index is 1.49. The highest BCUT2D eigenvalue weighted by molar-refractivity contribution is 6.36. The third kappa shape index (κ3) is 6.08. The zero-order valence-corrected chi connectivity index (χ0v) is 22.8. The molecule has 1 aliphatic rings. The van der Waals surface area contributed by atoms with Crippen molar-refractivity contribution < 1.29 is 14.3 Å². The van der Waals surface area contributed by atoms with E-state index in [0.29, 0.717) is 16.8 Å². The Bertz CT molecular complexity index is 1250. The number of aromatic nitrogens is 1. The topological polar surface area (TPSA) is 77.7 Å². The quantitative estimate of drug-likeness (QED) is 0.274. The Kier molecular flexibility index (Phi) is 8.72. The van der Waals surface area contributed by atoms with Crippen molar-refractivity contribution in [3.63, 3.8) is 0 Å². The molecule has 4 rings (SSSR count). The van der Waals surface area contributed by atoms with E-state index in [1.807, 2.05) is 49.4 Å². The van der Waals surface area contributed by atoms with Crippen LogP contribution in [-0.4, -0.2) is 43.7 Å². The van der Waals surface area contributed by atoms with Crippen LogP contribution in [0.1, 0.15) is 36.8 Å². The van der Waals surface area contributed by atoms with Crippen molar-refractivity contribution in [2.45, 2.75) is 39.2 Å². The van der Waals surface area contributed by atoms with Crippen LogP contribution in [0.15, 0.2) is 48.5 Å². The minimum absolute atomic E-state index is 0.0527. The van der Waals surface area contributed by atoms with Gasteiger partial charge in [-0.3, -0.25) is 4.79 Å². The van der Waals surface area contributed by atoms with Crippen LogP contribution in [0.3, 0.4) is 0 Å². The molecule has 0 amide bonds. The second kappa shape index (κ2) is 12.0. The first-order valence-corrected chi connectivity index (χ1v) is 13.1. The first kappa shape index (κ1) is 27.0. The summed E-state index contributed by atoms with van der Waals surface area (Å²) in [6.45, 7) is 3.70. The zero-order chi connectivity index (χ0) is 26.5. The van der Waals surface area contributed by atoms with E-state index in [1.54, 1.807) is 7.11 Å². The number of hydrogen-bond donors (Lipinski definition) is 1. The molecule has 0 radical (unpaired) electrons. The molecule has 2 N–H and O–H groups in total. The van der Waals surface area contributed by atoms with Gasteiger partial charge in [-0.15, -0.1) is 0 Å². The monoisotopic (exact) mass is 521 g/mol. The molecule has 0 aliphatic heterocycles. The standard InChI is InChI=1S/C30H36ClN3O3/c1-19-23(7-6-10-26(19)32)24-8-5-9-25(28(24)31)27-16-15-22(29(33-27)36-3)18-34(2)17-20-11-13-21(14-12-20)30(35)37-4/h5-10,15-16,20-21H,11-14,17-18,32H2,1-4H3. The molecule has 0 spiro atoms. The van der Waals surface area contributed by atoms with Crippen LogP contribution in [0.25, 0.3) is 22.4 Å². The molecule has 196 valence electrons. The highest BCUT2D eigenvalue weighted by Crippen LogP contribution is 2.39. The molecular weight excluding hydrogens is 486 g/mol. The molecule has 37 heavy (non-hydrogen) atoms. The van der Waals surface area contributed by atoms with Crippen molar-refractivity contribution >= 4 is 23.3 Å². The molecule has 2 aromatic carbocycles. The van der Waals surface area contributed by atoms with Crippen molar-refractivity contribution in [3.8, 4) is 28.3 Å². The molecule has 7 heteroatoms. The molecule has 0 atom stereocenters. The molecule has 6 nitrogen and oxygen atoms in total. The number of nitrogens with zero attached hydrogens (tertiary/aromatic N) is 2. The number of carbonyl (C=O) groups is 1. The van der Waals surface area contributed by atoms with Crippen LogP contribution in [0.4, 0.5) is 5.69 Å². The lowest BCUT2D eigenvalue weighted by Gasteiger charge is -2.30. The normalized spacial score (nSPS) is 17.6. The SMILES string of the molecule is COC(=O)C1CCC(CN(C)Cc2ccc(-c3cccc(-c4cccc(N)c4C)c3Cl)nc2OC)CC1. The molecule has 0 unspecified atom stereocenters. The van der Waals surface area contributed by atoms with Crippen molar-refractivity contribution in [1.82, 2.24) is 9.88 Å². The van der Waals surface area contributed by atoms with E-state index in [4.69, 9.17) is 31.8 Å². The number of nitrogen functional groups attached to an aromatic ring is 1. The Morgan fingerprint density at radius 2 is 1.70 bits per heavy atom. The van der Waals surface area contributed by atoms with Gasteiger partial charge in [0.25, 0.3) is 0 Å². The second-order valence-corrected chi connectivity index (χ2v) is 10.4. The Hall–Kier alpha value is -3.09. The fourth-order valence-electron chi connectivity index (χ4n) is 5.34. The van der Waals surface area contributed by atoms with Crippen LogP contribution < -0.4 is 10.5 Å². The van der Waals surface area contributed by atoms with Gasteiger partial charge >= 0.3 is 5.97 Å². The number of carbonyl (C=O) groups excluding carboxylic acids is 1. The first-order valence-electron chi connectivity index (χ1n) is 12.8. The first-order chi connectivity index (χ1) is 17.8. The van der Waals surface area contributed by atoms with Crippen molar-refractivity contribution in [3.05, 3.63) is 64.7 Å². The van der Waals surface area contributed by atoms with E-state index in [0.717, 1.165) is 78.0 Å². The minimum atomic E-state index is -0.0728. The molecule has 0 bridgehead atoms. The summed E-state index contributed by atoms with van der Waals surface area (Å²) in [6.07, 6.45) is 3.89. The maximum absolute atomic E-state index is 11.8. The van der Waals surface area contributed by atoms with Crippen LogP contribution >= 0.6 is 11.6 Å². The van der Waals surface area contributed by atoms with Gasteiger partial charge in [0.2, 0.25) is 5.88 Å². The van der Waals surface area contributed by atoms with Gasteiger partial charge in [-0.2, -0.15) is 0 Å². The summed E-state index contributed by atoms with van der Waals surface area (Å²) >= 11 is 6.91. The largest absolute Gasteiger partial charge is 0.481 e. The molecule has 3 aromatic rings. The van der Waals surface area contributed by atoms with Gasteiger partial charge in [-0.05, 0) is 68.8 Å². The van der Waals surface area contributed by atoms with E-state index >= 15 is 0 Å². The summed E-state index contributed by atoms with van der Waals surface area (Å²) < 4.78 is 10.6. The lowest BCUT2D eigenvalue weighted by molar-refractivity contribution is -0.146. The molecule has 0 saturated heterocycles. The summed E-state index contributed by atoms with van der Waals surface area (Å²) in [5.41, 5.74) is 12.5. The fourth-order valence-corrected chi connectivity index (χ4v) is 5.67. The number of ether oxygens (including phenoxy) is 2. The Labute approximate surface area is 224 Å².